The summed E-state index contributed by atoms with van der Waals surface area (Å²) in [5.41, 5.74) is 2.92. The van der Waals surface area contributed by atoms with Crippen LogP contribution in [0.3, 0.4) is 0 Å². The van der Waals surface area contributed by atoms with E-state index in [-0.39, 0.29) is 12.7 Å². The zero-order chi connectivity index (χ0) is 20.9. The zero-order valence-electron chi connectivity index (χ0n) is 17.2. The van der Waals surface area contributed by atoms with Crippen molar-refractivity contribution >= 4 is 5.69 Å². The van der Waals surface area contributed by atoms with E-state index in [0.717, 1.165) is 36.3 Å². The maximum atomic E-state index is 9.95. The maximum absolute atomic E-state index is 9.95. The molecule has 1 atom stereocenters. The Morgan fingerprint density at radius 3 is 2.67 bits per heavy atom. The number of benzene rings is 2. The van der Waals surface area contributed by atoms with Crippen LogP contribution in [0, 0.1) is 6.92 Å². The van der Waals surface area contributed by atoms with Crippen molar-refractivity contribution in [1.82, 2.24) is 4.98 Å². The fraction of sp³-hybridized carbons (Fsp3) is 0.292. The van der Waals surface area contributed by atoms with E-state index >= 15 is 0 Å². The van der Waals surface area contributed by atoms with Crippen LogP contribution in [-0.2, 0) is 6.61 Å². The van der Waals surface area contributed by atoms with Gasteiger partial charge >= 0.3 is 0 Å². The number of methoxy groups -OCH3 is 1. The molecule has 0 radical (unpaired) electrons. The first kappa shape index (κ1) is 20.0. The van der Waals surface area contributed by atoms with Gasteiger partial charge in [0.1, 0.15) is 11.9 Å². The molecule has 1 N–H and O–H groups in total. The van der Waals surface area contributed by atoms with Crippen LogP contribution in [-0.4, -0.2) is 36.4 Å². The largest absolute Gasteiger partial charge is 0.493 e. The van der Waals surface area contributed by atoms with Crippen molar-refractivity contribution in [2.24, 2.45) is 0 Å². The Hall–Kier alpha value is -3.25. The molecule has 1 aromatic heterocycles. The smallest absolute Gasteiger partial charge is 0.213 e. The summed E-state index contributed by atoms with van der Waals surface area (Å²) in [6.07, 6.45) is 2.78. The molecule has 2 aromatic carbocycles. The molecule has 0 bridgehead atoms. The van der Waals surface area contributed by atoms with E-state index in [1.165, 1.54) is 0 Å². The van der Waals surface area contributed by atoms with Crippen molar-refractivity contribution in [1.29, 1.82) is 0 Å². The van der Waals surface area contributed by atoms with Gasteiger partial charge in [-0.25, -0.2) is 4.98 Å². The molecule has 0 saturated carbocycles. The fourth-order valence-corrected chi connectivity index (χ4v) is 3.63. The number of hydrogen-bond donors (Lipinski definition) is 1. The van der Waals surface area contributed by atoms with E-state index in [1.54, 1.807) is 7.11 Å². The number of hydrogen-bond acceptors (Lipinski definition) is 6. The van der Waals surface area contributed by atoms with Crippen LogP contribution >= 0.6 is 0 Å². The number of ether oxygens (including phenoxy) is 3. The number of aryl methyl sites for hydroxylation is 1. The molecule has 6 nitrogen and oxygen atoms in total. The minimum atomic E-state index is -0.0694. The number of aromatic nitrogens is 1. The van der Waals surface area contributed by atoms with Gasteiger partial charge in [0.2, 0.25) is 5.88 Å². The molecule has 3 aromatic rings. The van der Waals surface area contributed by atoms with Crippen LogP contribution in [0.15, 0.2) is 60.8 Å². The number of aliphatic hydroxyl groups excluding tert-OH is 1. The predicted octanol–water partition coefficient (Wildman–Crippen LogP) is 4.34. The number of para-hydroxylation sites is 2. The van der Waals surface area contributed by atoms with Crippen LogP contribution < -0.4 is 19.1 Å². The van der Waals surface area contributed by atoms with Gasteiger partial charge in [0.05, 0.1) is 20.3 Å². The van der Waals surface area contributed by atoms with Crippen LogP contribution in [0.5, 0.6) is 23.1 Å². The molecule has 0 unspecified atom stereocenters. The monoisotopic (exact) mass is 406 g/mol. The van der Waals surface area contributed by atoms with Crippen molar-refractivity contribution in [3.05, 3.63) is 71.9 Å². The number of rotatable bonds is 7. The molecule has 1 saturated heterocycles. The van der Waals surface area contributed by atoms with Gasteiger partial charge in [0.25, 0.3) is 0 Å². The summed E-state index contributed by atoms with van der Waals surface area (Å²) in [7, 11) is 1.61. The SMILES string of the molecule is COc1ccccc1Oc1ccc(N2CC[C@H](Oc3ccc(C)cn3)C2)c(CO)c1. The highest BCUT2D eigenvalue weighted by molar-refractivity contribution is 5.58. The Labute approximate surface area is 176 Å². The molecule has 6 heteroatoms. The van der Waals surface area contributed by atoms with Crippen molar-refractivity contribution < 1.29 is 19.3 Å². The topological polar surface area (TPSA) is 64.1 Å². The summed E-state index contributed by atoms with van der Waals surface area (Å²) < 4.78 is 17.4. The first-order valence-corrected chi connectivity index (χ1v) is 10.0. The first-order chi connectivity index (χ1) is 14.7. The number of aliphatic hydroxyl groups is 1. The third-order valence-electron chi connectivity index (χ3n) is 5.18. The molecule has 1 aliphatic heterocycles. The quantitative estimate of drug-likeness (QED) is 0.630. The summed E-state index contributed by atoms with van der Waals surface area (Å²) in [5.74, 6) is 2.60. The highest BCUT2D eigenvalue weighted by Gasteiger charge is 2.26. The Morgan fingerprint density at radius 2 is 1.93 bits per heavy atom. The normalized spacial score (nSPS) is 15.8. The maximum Gasteiger partial charge on any atom is 0.213 e. The fourth-order valence-electron chi connectivity index (χ4n) is 3.63. The molecule has 0 aliphatic carbocycles. The summed E-state index contributed by atoms with van der Waals surface area (Å²) in [6.45, 7) is 3.54. The van der Waals surface area contributed by atoms with Crippen molar-refractivity contribution in [2.45, 2.75) is 26.1 Å². The predicted molar refractivity (Wildman–Crippen MR) is 116 cm³/mol. The van der Waals surface area contributed by atoms with E-state index < -0.39 is 0 Å². The summed E-state index contributed by atoms with van der Waals surface area (Å²) in [6, 6.07) is 17.2. The lowest BCUT2D eigenvalue weighted by molar-refractivity contribution is 0.215. The Bertz CT molecular complexity index is 991. The molecular weight excluding hydrogens is 380 g/mol. The van der Waals surface area contributed by atoms with Crippen LogP contribution in [0.2, 0.25) is 0 Å². The zero-order valence-corrected chi connectivity index (χ0v) is 17.2. The minimum Gasteiger partial charge on any atom is -0.493 e. The van der Waals surface area contributed by atoms with E-state index in [9.17, 15) is 5.11 Å². The second kappa shape index (κ2) is 9.05. The lowest BCUT2D eigenvalue weighted by Crippen LogP contribution is -2.25. The molecule has 0 spiro atoms. The van der Waals surface area contributed by atoms with E-state index in [4.69, 9.17) is 14.2 Å². The lowest BCUT2D eigenvalue weighted by Gasteiger charge is -2.22. The average molecular weight is 406 g/mol. The average Bonchev–Trinajstić information content (AvgIpc) is 3.24. The van der Waals surface area contributed by atoms with Gasteiger partial charge in [-0.1, -0.05) is 18.2 Å². The molecular formula is C24H26N2O4. The first-order valence-electron chi connectivity index (χ1n) is 10.0. The standard InChI is InChI=1S/C24H26N2O4/c1-17-7-10-24(25-14-17)30-20-11-12-26(15-20)21-9-8-19(13-18(21)16-27)29-23-6-4-3-5-22(23)28-2/h3-10,13-14,20,27H,11-12,15-16H2,1-2H3/t20-/m0/s1. The van der Waals surface area contributed by atoms with Gasteiger partial charge in [0.15, 0.2) is 11.5 Å². The van der Waals surface area contributed by atoms with Crippen molar-refractivity contribution in [3.63, 3.8) is 0 Å². The number of anilines is 1. The van der Waals surface area contributed by atoms with Gasteiger partial charge in [-0.3, -0.25) is 0 Å². The van der Waals surface area contributed by atoms with Gasteiger partial charge < -0.3 is 24.2 Å². The van der Waals surface area contributed by atoms with Crippen LogP contribution in [0.4, 0.5) is 5.69 Å². The highest BCUT2D eigenvalue weighted by Crippen LogP contribution is 2.34. The van der Waals surface area contributed by atoms with Gasteiger partial charge in [-0.05, 0) is 42.8 Å². The summed E-state index contributed by atoms with van der Waals surface area (Å²) >= 11 is 0. The highest BCUT2D eigenvalue weighted by atomic mass is 16.5. The summed E-state index contributed by atoms with van der Waals surface area (Å²) in [4.78, 5) is 6.56. The van der Waals surface area contributed by atoms with Crippen LogP contribution in [0.25, 0.3) is 0 Å². The van der Waals surface area contributed by atoms with Crippen molar-refractivity contribution in [2.75, 3.05) is 25.1 Å². The Morgan fingerprint density at radius 1 is 1.10 bits per heavy atom. The third-order valence-corrected chi connectivity index (χ3v) is 5.18. The molecule has 2 heterocycles. The Kier molecular flexibility index (Phi) is 6.05. The van der Waals surface area contributed by atoms with E-state index in [2.05, 4.69) is 9.88 Å². The minimum absolute atomic E-state index is 0.0660. The van der Waals surface area contributed by atoms with E-state index in [1.807, 2.05) is 67.7 Å². The molecule has 4 rings (SSSR count). The van der Waals surface area contributed by atoms with Crippen molar-refractivity contribution in [3.8, 4) is 23.1 Å². The van der Waals surface area contributed by atoms with Crippen LogP contribution in [0.1, 0.15) is 17.5 Å². The number of nitrogens with zero attached hydrogens (tertiary/aromatic N) is 2. The van der Waals surface area contributed by atoms with E-state index in [0.29, 0.717) is 23.1 Å². The molecule has 1 aliphatic rings. The molecule has 0 amide bonds. The molecule has 1 fully saturated rings. The summed E-state index contributed by atoms with van der Waals surface area (Å²) in [5, 5.41) is 9.95. The second-order valence-corrected chi connectivity index (χ2v) is 7.35. The lowest BCUT2D eigenvalue weighted by atomic mass is 10.1. The van der Waals surface area contributed by atoms with Gasteiger partial charge in [-0.2, -0.15) is 0 Å². The van der Waals surface area contributed by atoms with Gasteiger partial charge in [0, 0.05) is 36.5 Å². The number of pyridine rings is 1. The van der Waals surface area contributed by atoms with Gasteiger partial charge in [-0.15, -0.1) is 0 Å². The second-order valence-electron chi connectivity index (χ2n) is 7.35. The Balaban J connectivity index is 1.46. The molecule has 156 valence electrons. The molecule has 30 heavy (non-hydrogen) atoms. The third kappa shape index (κ3) is 4.49.